The average molecular weight is 354 g/mol. The maximum atomic E-state index is 12.9. The molecule has 1 aliphatic rings. The monoisotopic (exact) mass is 354 g/mol. The quantitative estimate of drug-likeness (QED) is 0.810. The molecular formula is C20H26N4O2. The van der Waals surface area contributed by atoms with Crippen molar-refractivity contribution in [2.24, 2.45) is 0 Å². The molecule has 0 aromatic carbocycles. The van der Waals surface area contributed by atoms with Gasteiger partial charge in [0.05, 0.1) is 31.1 Å². The smallest absolute Gasteiger partial charge is 0.268 e. The molecule has 2 aromatic rings. The van der Waals surface area contributed by atoms with Gasteiger partial charge in [0.2, 0.25) is 0 Å². The van der Waals surface area contributed by atoms with Gasteiger partial charge in [-0.2, -0.15) is 0 Å². The number of carbonyl (C=O) groups is 1. The highest BCUT2D eigenvalue weighted by Crippen LogP contribution is 2.31. The third-order valence-electron chi connectivity index (χ3n) is 4.74. The molecule has 0 spiro atoms. The van der Waals surface area contributed by atoms with Crippen molar-refractivity contribution in [2.45, 2.75) is 26.9 Å². The molecule has 1 fully saturated rings. The lowest BCUT2D eigenvalue weighted by Crippen LogP contribution is -2.36. The third kappa shape index (κ3) is 3.65. The number of morpholine rings is 1. The zero-order valence-corrected chi connectivity index (χ0v) is 15.5. The number of aromatic nitrogens is 2. The number of amides is 1. The Hall–Kier alpha value is -2.60. The molecule has 1 amide bonds. The van der Waals surface area contributed by atoms with E-state index in [1.54, 1.807) is 6.20 Å². The van der Waals surface area contributed by atoms with Gasteiger partial charge in [0, 0.05) is 37.1 Å². The number of allylic oxidation sites excluding steroid dienone is 1. The standard InChI is InChI=1S/C20H26N4O2/c1-4-9-24-16(3)18(23-10-12-26-13-11-23)15(2)19(24)20(25)22-14-17-7-5-6-8-21-17/h4-8H,1,9-14H2,2-3H3,(H,22,25). The van der Waals surface area contributed by atoms with E-state index in [1.807, 2.05) is 35.8 Å². The Morgan fingerprint density at radius 3 is 2.77 bits per heavy atom. The molecule has 3 heterocycles. The Bertz CT molecular complexity index is 777. The van der Waals surface area contributed by atoms with Crippen LogP contribution in [-0.4, -0.2) is 41.8 Å². The average Bonchev–Trinajstić information content (AvgIpc) is 2.92. The summed E-state index contributed by atoms with van der Waals surface area (Å²) in [5.74, 6) is -0.0855. The molecule has 1 saturated heterocycles. The maximum absolute atomic E-state index is 12.9. The summed E-state index contributed by atoms with van der Waals surface area (Å²) >= 11 is 0. The molecule has 1 aliphatic heterocycles. The number of hydrogen-bond donors (Lipinski definition) is 1. The van der Waals surface area contributed by atoms with Crippen molar-refractivity contribution in [3.05, 3.63) is 59.7 Å². The van der Waals surface area contributed by atoms with Crippen LogP contribution in [0.25, 0.3) is 0 Å². The lowest BCUT2D eigenvalue weighted by Gasteiger charge is -2.29. The SMILES string of the molecule is C=CCn1c(C)c(N2CCOCC2)c(C)c1C(=O)NCc1ccccn1. The van der Waals surface area contributed by atoms with Crippen LogP contribution in [0.3, 0.4) is 0 Å². The van der Waals surface area contributed by atoms with E-state index in [1.165, 1.54) is 0 Å². The van der Waals surface area contributed by atoms with E-state index in [-0.39, 0.29) is 5.91 Å². The third-order valence-corrected chi connectivity index (χ3v) is 4.74. The van der Waals surface area contributed by atoms with Gasteiger partial charge in [-0.1, -0.05) is 12.1 Å². The topological polar surface area (TPSA) is 59.4 Å². The summed E-state index contributed by atoms with van der Waals surface area (Å²) in [7, 11) is 0. The summed E-state index contributed by atoms with van der Waals surface area (Å²) < 4.78 is 7.51. The van der Waals surface area contributed by atoms with Crippen LogP contribution < -0.4 is 10.2 Å². The second-order valence-corrected chi connectivity index (χ2v) is 6.41. The Kier molecular flexibility index (Phi) is 5.73. The number of rotatable bonds is 6. The van der Waals surface area contributed by atoms with Gasteiger partial charge in [-0.15, -0.1) is 6.58 Å². The van der Waals surface area contributed by atoms with E-state index in [2.05, 4.69) is 28.7 Å². The fraction of sp³-hybridized carbons (Fsp3) is 0.400. The number of carbonyl (C=O) groups excluding carboxylic acids is 1. The summed E-state index contributed by atoms with van der Waals surface area (Å²) in [5, 5.41) is 3.00. The van der Waals surface area contributed by atoms with Gasteiger partial charge in [-0.05, 0) is 26.0 Å². The first-order valence-corrected chi connectivity index (χ1v) is 8.95. The van der Waals surface area contributed by atoms with Crippen LogP contribution in [0.15, 0.2) is 37.1 Å². The van der Waals surface area contributed by atoms with Gasteiger partial charge in [0.25, 0.3) is 5.91 Å². The number of nitrogens with zero attached hydrogens (tertiary/aromatic N) is 3. The van der Waals surface area contributed by atoms with Crippen molar-refractivity contribution in [3.63, 3.8) is 0 Å². The zero-order valence-electron chi connectivity index (χ0n) is 15.5. The van der Waals surface area contributed by atoms with Crippen molar-refractivity contribution in [2.75, 3.05) is 31.2 Å². The zero-order chi connectivity index (χ0) is 18.5. The summed E-state index contributed by atoms with van der Waals surface area (Å²) in [4.78, 5) is 19.5. The fourth-order valence-corrected chi connectivity index (χ4v) is 3.54. The molecule has 3 rings (SSSR count). The molecule has 0 atom stereocenters. The van der Waals surface area contributed by atoms with Crippen molar-refractivity contribution >= 4 is 11.6 Å². The molecule has 0 unspecified atom stereocenters. The van der Waals surface area contributed by atoms with Gasteiger partial charge in [-0.25, -0.2) is 0 Å². The van der Waals surface area contributed by atoms with Crippen LogP contribution in [0.1, 0.15) is 27.4 Å². The van der Waals surface area contributed by atoms with E-state index >= 15 is 0 Å². The molecule has 0 saturated carbocycles. The van der Waals surface area contributed by atoms with Crippen LogP contribution in [0, 0.1) is 13.8 Å². The summed E-state index contributed by atoms with van der Waals surface area (Å²) in [5.41, 5.74) is 4.76. The van der Waals surface area contributed by atoms with Crippen molar-refractivity contribution in [1.82, 2.24) is 14.9 Å². The minimum atomic E-state index is -0.0855. The first-order valence-electron chi connectivity index (χ1n) is 8.95. The highest BCUT2D eigenvalue weighted by atomic mass is 16.5. The molecular weight excluding hydrogens is 328 g/mol. The number of hydrogen-bond acceptors (Lipinski definition) is 4. The highest BCUT2D eigenvalue weighted by molar-refractivity contribution is 5.96. The summed E-state index contributed by atoms with van der Waals surface area (Å²) in [6.07, 6.45) is 3.55. The van der Waals surface area contributed by atoms with Crippen molar-refractivity contribution in [1.29, 1.82) is 0 Å². The first-order chi connectivity index (χ1) is 12.6. The van der Waals surface area contributed by atoms with Gasteiger partial charge in [0.15, 0.2) is 0 Å². The molecule has 0 bridgehead atoms. The largest absolute Gasteiger partial charge is 0.378 e. The molecule has 2 aromatic heterocycles. The minimum absolute atomic E-state index is 0.0855. The molecule has 0 radical (unpaired) electrons. The van der Waals surface area contributed by atoms with Gasteiger partial charge >= 0.3 is 0 Å². The predicted octanol–water partition coefficient (Wildman–Crippen LogP) is 2.45. The van der Waals surface area contributed by atoms with E-state index in [4.69, 9.17) is 4.74 Å². The van der Waals surface area contributed by atoms with Gasteiger partial charge in [-0.3, -0.25) is 9.78 Å². The molecule has 6 heteroatoms. The van der Waals surface area contributed by atoms with E-state index < -0.39 is 0 Å². The molecule has 0 aliphatic carbocycles. The Morgan fingerprint density at radius 1 is 1.35 bits per heavy atom. The summed E-state index contributed by atoms with van der Waals surface area (Å²) in [6, 6.07) is 5.68. The normalized spacial score (nSPS) is 14.3. The summed E-state index contributed by atoms with van der Waals surface area (Å²) in [6.45, 7) is 12.1. The lowest BCUT2D eigenvalue weighted by atomic mass is 10.2. The van der Waals surface area contributed by atoms with Crippen molar-refractivity contribution in [3.8, 4) is 0 Å². The Labute approximate surface area is 154 Å². The number of anilines is 1. The molecule has 138 valence electrons. The lowest BCUT2D eigenvalue weighted by molar-refractivity contribution is 0.0940. The van der Waals surface area contributed by atoms with Crippen molar-refractivity contribution < 1.29 is 9.53 Å². The Balaban J connectivity index is 1.89. The first kappa shape index (κ1) is 18.2. The number of nitrogens with one attached hydrogen (secondary N) is 1. The fourth-order valence-electron chi connectivity index (χ4n) is 3.54. The number of pyridine rings is 1. The number of ether oxygens (including phenoxy) is 1. The van der Waals surface area contributed by atoms with E-state index in [0.717, 1.165) is 35.7 Å². The predicted molar refractivity (Wildman–Crippen MR) is 103 cm³/mol. The van der Waals surface area contributed by atoms with Crippen LogP contribution in [0.2, 0.25) is 0 Å². The van der Waals surface area contributed by atoms with Crippen LogP contribution in [-0.2, 0) is 17.8 Å². The van der Waals surface area contributed by atoms with E-state index in [0.29, 0.717) is 32.0 Å². The van der Waals surface area contributed by atoms with E-state index in [9.17, 15) is 4.79 Å². The highest BCUT2D eigenvalue weighted by Gasteiger charge is 2.26. The van der Waals surface area contributed by atoms with Gasteiger partial charge in [0.1, 0.15) is 5.69 Å². The van der Waals surface area contributed by atoms with Crippen LogP contribution in [0.5, 0.6) is 0 Å². The second-order valence-electron chi connectivity index (χ2n) is 6.41. The second kappa shape index (κ2) is 8.19. The molecule has 6 nitrogen and oxygen atoms in total. The van der Waals surface area contributed by atoms with Gasteiger partial charge < -0.3 is 19.5 Å². The molecule has 26 heavy (non-hydrogen) atoms. The Morgan fingerprint density at radius 2 is 2.12 bits per heavy atom. The molecule has 1 N–H and O–H groups in total. The van der Waals surface area contributed by atoms with Crippen LogP contribution in [0.4, 0.5) is 5.69 Å². The van der Waals surface area contributed by atoms with Crippen LogP contribution >= 0.6 is 0 Å². The maximum Gasteiger partial charge on any atom is 0.268 e. The minimum Gasteiger partial charge on any atom is -0.378 e.